The molecule has 0 amide bonds. The second-order valence-corrected chi connectivity index (χ2v) is 5.66. The number of anilines is 3. The number of likely N-dealkylation sites (N-methyl/N-ethyl adjacent to an activating group) is 1. The summed E-state index contributed by atoms with van der Waals surface area (Å²) in [6, 6.07) is 14.4. The minimum absolute atomic E-state index is 0.485. The van der Waals surface area contributed by atoms with Gasteiger partial charge in [0.25, 0.3) is 0 Å². The molecular weight excluding hydrogens is 291 g/mol. The number of rotatable bonds is 2. The average molecular weight is 307 g/mol. The molecule has 0 bridgehead atoms. The second-order valence-electron chi connectivity index (χ2n) is 4.98. The predicted molar refractivity (Wildman–Crippen MR) is 87.7 cm³/mol. The maximum absolute atomic E-state index is 6.43. The summed E-state index contributed by atoms with van der Waals surface area (Å²) >= 11 is 12.3. The van der Waals surface area contributed by atoms with Crippen LogP contribution in [0.4, 0.5) is 17.1 Å². The topological polar surface area (TPSA) is 6.48 Å². The highest BCUT2D eigenvalue weighted by Crippen LogP contribution is 2.39. The first-order chi connectivity index (χ1) is 9.70. The molecule has 0 aromatic heterocycles. The van der Waals surface area contributed by atoms with E-state index in [1.165, 1.54) is 11.4 Å². The van der Waals surface area contributed by atoms with Crippen LogP contribution in [-0.4, -0.2) is 20.1 Å². The summed E-state index contributed by atoms with van der Waals surface area (Å²) in [6.45, 7) is 1.90. The molecule has 0 unspecified atom stereocenters. The quantitative estimate of drug-likeness (QED) is 0.744. The Balaban J connectivity index is 2.05. The summed E-state index contributed by atoms with van der Waals surface area (Å²) in [4.78, 5) is 4.54. The molecule has 0 saturated carbocycles. The Bertz CT molecular complexity index is 628. The molecule has 2 aromatic carbocycles. The molecular formula is C16H16Cl2N2. The lowest BCUT2D eigenvalue weighted by Crippen LogP contribution is -2.36. The Morgan fingerprint density at radius 1 is 1.00 bits per heavy atom. The molecule has 4 heteroatoms. The van der Waals surface area contributed by atoms with Crippen molar-refractivity contribution >= 4 is 40.3 Å². The minimum Gasteiger partial charge on any atom is -0.371 e. The molecule has 3 rings (SSSR count). The number of hydrogen-bond donors (Lipinski definition) is 0. The van der Waals surface area contributed by atoms with Crippen molar-refractivity contribution in [1.82, 2.24) is 0 Å². The monoisotopic (exact) mass is 306 g/mol. The standard InChI is InChI=1S/C16H16Cl2N2/c1-19-8-9-20(16-5-3-2-4-15(16)19)14-7-6-12(11-17)10-13(14)18/h2-7,10H,8-9,11H2,1H3. The van der Waals surface area contributed by atoms with Gasteiger partial charge >= 0.3 is 0 Å². The van der Waals surface area contributed by atoms with E-state index in [0.717, 1.165) is 29.4 Å². The molecule has 0 saturated heterocycles. The van der Waals surface area contributed by atoms with Gasteiger partial charge in [0.1, 0.15) is 0 Å². The third-order valence-electron chi connectivity index (χ3n) is 3.70. The van der Waals surface area contributed by atoms with E-state index in [0.29, 0.717) is 5.88 Å². The van der Waals surface area contributed by atoms with Crippen LogP contribution in [0.5, 0.6) is 0 Å². The van der Waals surface area contributed by atoms with Crippen LogP contribution in [-0.2, 0) is 5.88 Å². The van der Waals surface area contributed by atoms with Crippen molar-refractivity contribution < 1.29 is 0 Å². The molecule has 0 aliphatic carbocycles. The first-order valence-corrected chi connectivity index (χ1v) is 7.54. The van der Waals surface area contributed by atoms with Crippen molar-refractivity contribution in [3.05, 3.63) is 53.1 Å². The van der Waals surface area contributed by atoms with Gasteiger partial charge in [-0.25, -0.2) is 0 Å². The van der Waals surface area contributed by atoms with Crippen LogP contribution in [0, 0.1) is 0 Å². The fourth-order valence-electron chi connectivity index (χ4n) is 2.61. The number of nitrogens with zero attached hydrogens (tertiary/aromatic N) is 2. The van der Waals surface area contributed by atoms with Crippen LogP contribution in [0.3, 0.4) is 0 Å². The Hall–Kier alpha value is -1.38. The van der Waals surface area contributed by atoms with Crippen LogP contribution >= 0.6 is 23.2 Å². The highest BCUT2D eigenvalue weighted by molar-refractivity contribution is 6.33. The molecule has 20 heavy (non-hydrogen) atoms. The zero-order chi connectivity index (χ0) is 14.1. The summed E-state index contributed by atoms with van der Waals surface area (Å²) in [5.41, 5.74) is 4.52. The maximum Gasteiger partial charge on any atom is 0.0649 e. The molecule has 104 valence electrons. The van der Waals surface area contributed by atoms with Crippen molar-refractivity contribution in [3.63, 3.8) is 0 Å². The second kappa shape index (κ2) is 5.55. The first kappa shape index (κ1) is 13.6. The Kier molecular flexibility index (Phi) is 3.77. The van der Waals surface area contributed by atoms with E-state index in [9.17, 15) is 0 Å². The van der Waals surface area contributed by atoms with Crippen LogP contribution in [0.15, 0.2) is 42.5 Å². The van der Waals surface area contributed by atoms with Gasteiger partial charge in [-0.05, 0) is 29.8 Å². The van der Waals surface area contributed by atoms with Gasteiger partial charge in [0, 0.05) is 26.0 Å². The van der Waals surface area contributed by atoms with Gasteiger partial charge in [-0.1, -0.05) is 29.8 Å². The Morgan fingerprint density at radius 3 is 2.45 bits per heavy atom. The smallest absolute Gasteiger partial charge is 0.0649 e. The number of hydrogen-bond acceptors (Lipinski definition) is 2. The lowest BCUT2D eigenvalue weighted by Gasteiger charge is -2.37. The van der Waals surface area contributed by atoms with Crippen molar-refractivity contribution in [3.8, 4) is 0 Å². The minimum atomic E-state index is 0.485. The molecule has 0 fully saturated rings. The molecule has 1 aliphatic heterocycles. The fraction of sp³-hybridized carbons (Fsp3) is 0.250. The fourth-order valence-corrected chi connectivity index (χ4v) is 3.08. The normalized spacial score (nSPS) is 14.3. The van der Waals surface area contributed by atoms with Gasteiger partial charge in [0.2, 0.25) is 0 Å². The summed E-state index contributed by atoms with van der Waals surface area (Å²) in [5, 5.41) is 0.752. The van der Waals surface area contributed by atoms with Gasteiger partial charge in [0.15, 0.2) is 0 Å². The summed E-state index contributed by atoms with van der Waals surface area (Å²) in [7, 11) is 2.12. The maximum atomic E-state index is 6.43. The van der Waals surface area contributed by atoms with Crippen molar-refractivity contribution in [2.24, 2.45) is 0 Å². The third kappa shape index (κ3) is 2.34. The average Bonchev–Trinajstić information content (AvgIpc) is 2.48. The zero-order valence-corrected chi connectivity index (χ0v) is 12.8. The van der Waals surface area contributed by atoms with Gasteiger partial charge in [-0.3, -0.25) is 0 Å². The zero-order valence-electron chi connectivity index (χ0n) is 11.3. The van der Waals surface area contributed by atoms with Crippen LogP contribution in [0.2, 0.25) is 5.02 Å². The Labute approximate surface area is 129 Å². The van der Waals surface area contributed by atoms with E-state index in [-0.39, 0.29) is 0 Å². The predicted octanol–water partition coefficient (Wildman–Crippen LogP) is 4.67. The van der Waals surface area contributed by atoms with Crippen molar-refractivity contribution in [1.29, 1.82) is 0 Å². The van der Waals surface area contributed by atoms with Crippen LogP contribution in [0.25, 0.3) is 0 Å². The molecule has 0 spiro atoms. The van der Waals surface area contributed by atoms with Gasteiger partial charge in [0.05, 0.1) is 22.1 Å². The molecule has 0 atom stereocenters. The van der Waals surface area contributed by atoms with Gasteiger partial charge in [-0.2, -0.15) is 0 Å². The molecule has 2 nitrogen and oxygen atoms in total. The van der Waals surface area contributed by atoms with Gasteiger partial charge < -0.3 is 9.80 Å². The summed E-state index contributed by atoms with van der Waals surface area (Å²) in [5.74, 6) is 0.485. The Morgan fingerprint density at radius 2 is 1.75 bits per heavy atom. The molecule has 1 heterocycles. The van der Waals surface area contributed by atoms with Crippen LogP contribution in [0.1, 0.15) is 5.56 Å². The van der Waals surface area contributed by atoms with Gasteiger partial charge in [-0.15, -0.1) is 11.6 Å². The number of alkyl halides is 1. The van der Waals surface area contributed by atoms with E-state index in [1.54, 1.807) is 0 Å². The number of benzene rings is 2. The highest BCUT2D eigenvalue weighted by atomic mass is 35.5. The third-order valence-corrected chi connectivity index (χ3v) is 4.31. The van der Waals surface area contributed by atoms with Crippen molar-refractivity contribution in [2.75, 3.05) is 29.9 Å². The number of para-hydroxylation sites is 2. The lowest BCUT2D eigenvalue weighted by molar-refractivity contribution is 0.822. The van der Waals surface area contributed by atoms with E-state index >= 15 is 0 Å². The first-order valence-electron chi connectivity index (χ1n) is 6.63. The van der Waals surface area contributed by atoms with E-state index in [4.69, 9.17) is 23.2 Å². The number of halogens is 2. The van der Waals surface area contributed by atoms with E-state index < -0.39 is 0 Å². The lowest BCUT2D eigenvalue weighted by atomic mass is 10.1. The van der Waals surface area contributed by atoms with Crippen molar-refractivity contribution in [2.45, 2.75) is 5.88 Å². The summed E-state index contributed by atoms with van der Waals surface area (Å²) < 4.78 is 0. The molecule has 1 aliphatic rings. The van der Waals surface area contributed by atoms with E-state index in [2.05, 4.69) is 47.2 Å². The SMILES string of the molecule is CN1CCN(c2ccc(CCl)cc2Cl)c2ccccc21. The molecule has 0 N–H and O–H groups in total. The summed E-state index contributed by atoms with van der Waals surface area (Å²) in [6.07, 6.45) is 0. The largest absolute Gasteiger partial charge is 0.371 e. The molecule has 2 aromatic rings. The number of fused-ring (bicyclic) bond motifs is 1. The molecule has 0 radical (unpaired) electrons. The van der Waals surface area contributed by atoms with E-state index in [1.807, 2.05) is 12.1 Å². The highest BCUT2D eigenvalue weighted by Gasteiger charge is 2.22. The van der Waals surface area contributed by atoms with Crippen LogP contribution < -0.4 is 9.80 Å².